The minimum absolute atomic E-state index is 0.00414. The molecule has 0 bridgehead atoms. The number of nitrogens with zero attached hydrogens (tertiary/aromatic N) is 1. The molecule has 22 heavy (non-hydrogen) atoms. The molecule has 2 rings (SSSR count). The Labute approximate surface area is 130 Å². The summed E-state index contributed by atoms with van der Waals surface area (Å²) in [6.07, 6.45) is 0.877. The topological polar surface area (TPSA) is 66.8 Å². The second-order valence-corrected chi connectivity index (χ2v) is 5.80. The fourth-order valence-electron chi connectivity index (χ4n) is 2.90. The molecule has 1 amide bonds. The summed E-state index contributed by atoms with van der Waals surface area (Å²) >= 11 is 0. The van der Waals surface area contributed by atoms with E-state index < -0.39 is 5.97 Å². The number of carboxylic acids is 1. The van der Waals surface area contributed by atoms with Crippen molar-refractivity contribution in [1.82, 2.24) is 4.90 Å². The van der Waals surface area contributed by atoms with Crippen LogP contribution in [0.15, 0.2) is 24.3 Å². The Morgan fingerprint density at radius 1 is 1.32 bits per heavy atom. The van der Waals surface area contributed by atoms with Crippen LogP contribution in [0, 0.1) is 11.8 Å². The van der Waals surface area contributed by atoms with Gasteiger partial charge in [0.05, 0.1) is 18.9 Å². The zero-order valence-corrected chi connectivity index (χ0v) is 13.1. The molecule has 1 heterocycles. The second kappa shape index (κ2) is 7.29. The van der Waals surface area contributed by atoms with Crippen molar-refractivity contribution in [2.45, 2.75) is 26.7 Å². The van der Waals surface area contributed by atoms with Crippen LogP contribution in [0.4, 0.5) is 0 Å². The largest absolute Gasteiger partial charge is 0.494 e. The first-order valence-corrected chi connectivity index (χ1v) is 7.73. The van der Waals surface area contributed by atoms with Crippen LogP contribution in [0.3, 0.4) is 0 Å². The zero-order valence-electron chi connectivity index (χ0n) is 13.1. The number of rotatable bonds is 5. The number of benzene rings is 1. The average Bonchev–Trinajstić information content (AvgIpc) is 2.49. The number of hydrogen-bond donors (Lipinski definition) is 1. The Morgan fingerprint density at radius 2 is 2.00 bits per heavy atom. The summed E-state index contributed by atoms with van der Waals surface area (Å²) in [5.41, 5.74) is 0.946. The highest BCUT2D eigenvalue weighted by atomic mass is 16.5. The quantitative estimate of drug-likeness (QED) is 0.905. The van der Waals surface area contributed by atoms with Crippen molar-refractivity contribution < 1.29 is 19.4 Å². The molecule has 1 aliphatic heterocycles. The van der Waals surface area contributed by atoms with E-state index in [0.29, 0.717) is 32.5 Å². The highest BCUT2D eigenvalue weighted by Gasteiger charge is 2.32. The van der Waals surface area contributed by atoms with Gasteiger partial charge in [-0.25, -0.2) is 0 Å². The number of amides is 1. The molecule has 120 valence electrons. The van der Waals surface area contributed by atoms with Crippen LogP contribution >= 0.6 is 0 Å². The molecule has 0 spiro atoms. The summed E-state index contributed by atoms with van der Waals surface area (Å²) in [7, 11) is 0. The third kappa shape index (κ3) is 4.00. The number of piperidine rings is 1. The molecule has 1 aromatic carbocycles. The van der Waals surface area contributed by atoms with E-state index in [9.17, 15) is 9.59 Å². The normalized spacial score (nSPS) is 21.5. The van der Waals surface area contributed by atoms with Gasteiger partial charge in [-0.2, -0.15) is 0 Å². The maximum Gasteiger partial charge on any atom is 0.306 e. The zero-order chi connectivity index (χ0) is 16.1. The first kappa shape index (κ1) is 16.3. The second-order valence-electron chi connectivity index (χ2n) is 5.80. The molecule has 2 unspecified atom stereocenters. The van der Waals surface area contributed by atoms with E-state index in [2.05, 4.69) is 0 Å². The van der Waals surface area contributed by atoms with E-state index in [-0.39, 0.29) is 17.7 Å². The van der Waals surface area contributed by atoms with Crippen molar-refractivity contribution in [2.75, 3.05) is 19.7 Å². The van der Waals surface area contributed by atoms with Crippen LogP contribution in [0.1, 0.15) is 25.8 Å². The van der Waals surface area contributed by atoms with Gasteiger partial charge in [0.25, 0.3) is 0 Å². The predicted molar refractivity (Wildman–Crippen MR) is 82.8 cm³/mol. The average molecular weight is 305 g/mol. The summed E-state index contributed by atoms with van der Waals surface area (Å²) < 4.78 is 5.38. The fraction of sp³-hybridized carbons (Fsp3) is 0.529. The SMILES string of the molecule is CCOc1ccc(CC(=O)N2CCC(C(=O)O)C(C)C2)cc1. The van der Waals surface area contributed by atoms with Crippen LogP contribution in [0.5, 0.6) is 5.75 Å². The highest BCUT2D eigenvalue weighted by Crippen LogP contribution is 2.24. The van der Waals surface area contributed by atoms with Gasteiger partial charge in [0.2, 0.25) is 5.91 Å². The van der Waals surface area contributed by atoms with Crippen molar-refractivity contribution in [2.24, 2.45) is 11.8 Å². The number of carbonyl (C=O) groups excluding carboxylic acids is 1. The van der Waals surface area contributed by atoms with Crippen LogP contribution < -0.4 is 4.74 Å². The van der Waals surface area contributed by atoms with E-state index in [4.69, 9.17) is 9.84 Å². The van der Waals surface area contributed by atoms with Gasteiger partial charge >= 0.3 is 5.97 Å². The molecule has 5 heteroatoms. The molecule has 0 aromatic heterocycles. The van der Waals surface area contributed by atoms with E-state index in [1.54, 1.807) is 4.90 Å². The molecule has 0 aliphatic carbocycles. The molecule has 2 atom stereocenters. The molecule has 1 saturated heterocycles. The third-order valence-corrected chi connectivity index (χ3v) is 4.16. The van der Waals surface area contributed by atoms with E-state index in [1.807, 2.05) is 38.1 Å². The molecule has 1 aliphatic rings. The number of likely N-dealkylation sites (tertiary alicyclic amines) is 1. The summed E-state index contributed by atoms with van der Waals surface area (Å²) in [6.45, 7) is 5.49. The van der Waals surface area contributed by atoms with Gasteiger partial charge < -0.3 is 14.7 Å². The first-order valence-electron chi connectivity index (χ1n) is 7.73. The van der Waals surface area contributed by atoms with Crippen LogP contribution in [0.25, 0.3) is 0 Å². The van der Waals surface area contributed by atoms with Gasteiger partial charge in [0.15, 0.2) is 0 Å². The minimum Gasteiger partial charge on any atom is -0.494 e. The Bertz CT molecular complexity index is 526. The van der Waals surface area contributed by atoms with Gasteiger partial charge in [0.1, 0.15) is 5.75 Å². The summed E-state index contributed by atoms with van der Waals surface area (Å²) in [5, 5.41) is 9.12. The van der Waals surface area contributed by atoms with Crippen molar-refractivity contribution in [3.05, 3.63) is 29.8 Å². The van der Waals surface area contributed by atoms with Crippen molar-refractivity contribution >= 4 is 11.9 Å². The number of carboxylic acid groups (broad SMARTS) is 1. The molecule has 0 saturated carbocycles. The maximum absolute atomic E-state index is 12.3. The monoisotopic (exact) mass is 305 g/mol. The maximum atomic E-state index is 12.3. The lowest BCUT2D eigenvalue weighted by Gasteiger charge is -2.35. The molecule has 1 aromatic rings. The summed E-state index contributed by atoms with van der Waals surface area (Å²) in [5.74, 6) is -0.245. The molecular formula is C17H23NO4. The van der Waals surface area contributed by atoms with E-state index in [0.717, 1.165) is 11.3 Å². The fourth-order valence-corrected chi connectivity index (χ4v) is 2.90. The van der Waals surface area contributed by atoms with Crippen LogP contribution in [-0.2, 0) is 16.0 Å². The molecule has 1 N–H and O–H groups in total. The standard InChI is InChI=1S/C17H23NO4/c1-3-22-14-6-4-13(5-7-14)10-16(19)18-9-8-15(17(20)21)12(2)11-18/h4-7,12,15H,3,8-11H2,1-2H3,(H,20,21). The lowest BCUT2D eigenvalue weighted by atomic mass is 9.87. The van der Waals surface area contributed by atoms with Gasteiger partial charge in [-0.15, -0.1) is 0 Å². The van der Waals surface area contributed by atoms with Gasteiger partial charge in [-0.05, 0) is 37.0 Å². The minimum atomic E-state index is -0.758. The summed E-state index contributed by atoms with van der Waals surface area (Å²) in [6, 6.07) is 7.53. The Kier molecular flexibility index (Phi) is 5.41. The molecular weight excluding hydrogens is 282 g/mol. The lowest BCUT2D eigenvalue weighted by molar-refractivity contribution is -0.148. The predicted octanol–water partition coefficient (Wildman–Crippen LogP) is 2.20. The van der Waals surface area contributed by atoms with E-state index >= 15 is 0 Å². The van der Waals surface area contributed by atoms with E-state index in [1.165, 1.54) is 0 Å². The van der Waals surface area contributed by atoms with Crippen LogP contribution in [0.2, 0.25) is 0 Å². The number of hydrogen-bond acceptors (Lipinski definition) is 3. The lowest BCUT2D eigenvalue weighted by Crippen LogP contribution is -2.45. The Morgan fingerprint density at radius 3 is 2.55 bits per heavy atom. The molecule has 1 fully saturated rings. The summed E-state index contributed by atoms with van der Waals surface area (Å²) in [4.78, 5) is 25.2. The first-order chi connectivity index (χ1) is 10.5. The Hall–Kier alpha value is -2.04. The number of ether oxygens (including phenoxy) is 1. The number of carbonyl (C=O) groups is 2. The Balaban J connectivity index is 1.91. The van der Waals surface area contributed by atoms with Gasteiger partial charge in [-0.1, -0.05) is 19.1 Å². The smallest absolute Gasteiger partial charge is 0.306 e. The highest BCUT2D eigenvalue weighted by molar-refractivity contribution is 5.79. The number of aliphatic carboxylic acids is 1. The molecule has 0 radical (unpaired) electrons. The van der Waals surface area contributed by atoms with Gasteiger partial charge in [-0.3, -0.25) is 9.59 Å². The van der Waals surface area contributed by atoms with Crippen molar-refractivity contribution in [3.8, 4) is 5.75 Å². The van der Waals surface area contributed by atoms with Gasteiger partial charge in [0, 0.05) is 13.1 Å². The molecule has 5 nitrogen and oxygen atoms in total. The third-order valence-electron chi connectivity index (χ3n) is 4.16. The van der Waals surface area contributed by atoms with Crippen molar-refractivity contribution in [1.29, 1.82) is 0 Å². The van der Waals surface area contributed by atoms with Crippen LogP contribution in [-0.4, -0.2) is 41.6 Å². The van der Waals surface area contributed by atoms with Crippen molar-refractivity contribution in [3.63, 3.8) is 0 Å².